The first-order valence-corrected chi connectivity index (χ1v) is 12.4. The van der Waals surface area contributed by atoms with Gasteiger partial charge in [-0.25, -0.2) is 4.39 Å². The number of halogens is 1. The number of hydrogen-bond acceptors (Lipinski definition) is 5. The highest BCUT2D eigenvalue weighted by Crippen LogP contribution is 2.66. The third kappa shape index (κ3) is 3.95. The third-order valence-electron chi connectivity index (χ3n) is 7.96. The van der Waals surface area contributed by atoms with Crippen molar-refractivity contribution in [2.75, 3.05) is 14.1 Å². The summed E-state index contributed by atoms with van der Waals surface area (Å²) in [5.41, 5.74) is 2.15. The van der Waals surface area contributed by atoms with Crippen LogP contribution < -0.4 is 10.0 Å². The van der Waals surface area contributed by atoms with Crippen molar-refractivity contribution in [1.29, 1.82) is 5.26 Å². The Kier molecular flexibility index (Phi) is 5.94. The molecule has 1 aliphatic heterocycles. The smallest absolute Gasteiger partial charge is 0.238 e. The van der Waals surface area contributed by atoms with Crippen LogP contribution in [0, 0.1) is 40.8 Å². The lowest BCUT2D eigenvalue weighted by molar-refractivity contribution is -0.127. The first-order valence-electron chi connectivity index (χ1n) is 11.6. The van der Waals surface area contributed by atoms with Crippen LogP contribution in [0.1, 0.15) is 18.9 Å². The number of likely N-dealkylation sites (tertiary alicyclic amines) is 1. The van der Waals surface area contributed by atoms with Crippen LogP contribution in [0.5, 0.6) is 0 Å². The van der Waals surface area contributed by atoms with Crippen LogP contribution in [-0.4, -0.2) is 43.0 Å². The molecule has 2 N–H and O–H groups in total. The van der Waals surface area contributed by atoms with E-state index in [2.05, 4.69) is 27.9 Å². The molecule has 7 heteroatoms. The number of nitriles is 1. The molecule has 5 unspecified atom stereocenters. The van der Waals surface area contributed by atoms with Gasteiger partial charge in [0, 0.05) is 17.4 Å². The molecule has 1 amide bonds. The van der Waals surface area contributed by atoms with E-state index in [4.69, 9.17) is 0 Å². The molecular formula is C26H29FN4OS. The molecule has 1 saturated heterocycles. The van der Waals surface area contributed by atoms with Crippen molar-refractivity contribution < 1.29 is 9.18 Å². The zero-order chi connectivity index (χ0) is 23.3. The SMILES string of the molecule is CNSc1ccc(-c2ccc(C[C@@H](C#N)NC(=O)C3C4CC(C5C4[C@@H]5C)N3C)c(F)c2)cc1. The maximum absolute atomic E-state index is 14.9. The summed E-state index contributed by atoms with van der Waals surface area (Å²) in [6.07, 6.45) is 1.23. The lowest BCUT2D eigenvalue weighted by Gasteiger charge is -2.31. The second kappa shape index (κ2) is 8.75. The van der Waals surface area contributed by atoms with Crippen LogP contribution >= 0.6 is 11.9 Å². The van der Waals surface area contributed by atoms with Gasteiger partial charge in [-0.15, -0.1) is 0 Å². The highest BCUT2D eigenvalue weighted by atomic mass is 32.2. The number of hydrogen-bond donors (Lipinski definition) is 2. The third-order valence-corrected chi connectivity index (χ3v) is 8.68. The van der Waals surface area contributed by atoms with E-state index < -0.39 is 6.04 Å². The van der Waals surface area contributed by atoms with Crippen molar-refractivity contribution in [2.24, 2.45) is 23.7 Å². The zero-order valence-electron chi connectivity index (χ0n) is 19.1. The summed E-state index contributed by atoms with van der Waals surface area (Å²) in [7, 11) is 3.89. The number of nitrogens with zero attached hydrogens (tertiary/aromatic N) is 2. The quantitative estimate of drug-likeness (QED) is 0.609. The topological polar surface area (TPSA) is 68.2 Å². The highest BCUT2D eigenvalue weighted by molar-refractivity contribution is 7.97. The van der Waals surface area contributed by atoms with Gasteiger partial charge in [-0.3, -0.25) is 14.4 Å². The molecule has 0 aromatic heterocycles. The van der Waals surface area contributed by atoms with Crippen molar-refractivity contribution in [1.82, 2.24) is 14.9 Å². The van der Waals surface area contributed by atoms with Gasteiger partial charge in [-0.05, 0) is 91.0 Å². The summed E-state index contributed by atoms with van der Waals surface area (Å²) in [5, 5.41) is 12.6. The molecule has 5 nitrogen and oxygen atoms in total. The Bertz CT molecular complexity index is 1100. The average molecular weight is 465 g/mol. The zero-order valence-corrected chi connectivity index (χ0v) is 19.9. The minimum Gasteiger partial charge on any atom is -0.339 e. The molecule has 2 bridgehead atoms. The van der Waals surface area contributed by atoms with Crippen molar-refractivity contribution in [2.45, 2.75) is 42.8 Å². The first kappa shape index (κ1) is 22.4. The van der Waals surface area contributed by atoms with Gasteiger partial charge in [0.25, 0.3) is 0 Å². The summed E-state index contributed by atoms with van der Waals surface area (Å²) in [6, 6.07) is 14.7. The fourth-order valence-electron chi connectivity index (χ4n) is 6.40. The van der Waals surface area contributed by atoms with Gasteiger partial charge in [0.1, 0.15) is 11.9 Å². The first-order chi connectivity index (χ1) is 15.9. The van der Waals surface area contributed by atoms with Crippen molar-refractivity contribution in [3.63, 3.8) is 0 Å². The van der Waals surface area contributed by atoms with Crippen LogP contribution in [0.2, 0.25) is 0 Å². The lowest BCUT2D eigenvalue weighted by atomic mass is 9.94. The minimum absolute atomic E-state index is 0.0920. The van der Waals surface area contributed by atoms with Crippen LogP contribution in [0.15, 0.2) is 47.4 Å². The van der Waals surface area contributed by atoms with Crippen LogP contribution in [0.25, 0.3) is 11.1 Å². The van der Waals surface area contributed by atoms with Crippen LogP contribution in [0.3, 0.4) is 0 Å². The molecule has 1 heterocycles. The van der Waals surface area contributed by atoms with Crippen molar-refractivity contribution in [3.05, 3.63) is 53.8 Å². The highest BCUT2D eigenvalue weighted by Gasteiger charge is 2.69. The fourth-order valence-corrected chi connectivity index (χ4v) is 6.91. The number of carbonyl (C=O) groups is 1. The van der Waals surface area contributed by atoms with E-state index >= 15 is 0 Å². The summed E-state index contributed by atoms with van der Waals surface area (Å²) < 4.78 is 17.9. The molecule has 2 aromatic carbocycles. The number of benzene rings is 2. The Balaban J connectivity index is 1.24. The van der Waals surface area contributed by atoms with Gasteiger partial charge in [-0.1, -0.05) is 31.2 Å². The van der Waals surface area contributed by atoms with E-state index in [0.717, 1.165) is 28.4 Å². The summed E-state index contributed by atoms with van der Waals surface area (Å²) in [6.45, 7) is 2.28. The van der Waals surface area contributed by atoms with Crippen molar-refractivity contribution in [3.8, 4) is 17.2 Å². The predicted molar refractivity (Wildman–Crippen MR) is 128 cm³/mol. The molecule has 3 fully saturated rings. The molecule has 0 radical (unpaired) electrons. The van der Waals surface area contributed by atoms with Gasteiger partial charge in [0.05, 0.1) is 12.1 Å². The number of likely N-dealkylation sites (N-methyl/N-ethyl adjacent to an activating group) is 1. The molecule has 172 valence electrons. The van der Waals surface area contributed by atoms with Crippen LogP contribution in [-0.2, 0) is 11.2 Å². The molecule has 7 atom stereocenters. The van der Waals surface area contributed by atoms with Gasteiger partial charge in [-0.2, -0.15) is 5.26 Å². The number of rotatable bonds is 7. The Morgan fingerprint density at radius 1 is 1.24 bits per heavy atom. The van der Waals surface area contributed by atoms with Crippen LogP contribution in [0.4, 0.5) is 4.39 Å². The Labute approximate surface area is 198 Å². The average Bonchev–Trinajstić information content (AvgIpc) is 3.15. The van der Waals surface area contributed by atoms with E-state index in [-0.39, 0.29) is 24.2 Å². The van der Waals surface area contributed by atoms with Gasteiger partial charge >= 0.3 is 0 Å². The Hall–Kier alpha value is -2.40. The van der Waals surface area contributed by atoms with Crippen molar-refractivity contribution >= 4 is 17.9 Å². The Morgan fingerprint density at radius 3 is 2.64 bits per heavy atom. The van der Waals surface area contributed by atoms with E-state index in [0.29, 0.717) is 29.4 Å². The molecule has 5 rings (SSSR count). The molecular weight excluding hydrogens is 435 g/mol. The Morgan fingerprint density at radius 2 is 1.97 bits per heavy atom. The largest absolute Gasteiger partial charge is 0.339 e. The molecule has 0 spiro atoms. The normalized spacial score (nSPS) is 30.5. The fraction of sp³-hybridized carbons (Fsp3) is 0.462. The van der Waals surface area contributed by atoms with Gasteiger partial charge in [0.15, 0.2) is 0 Å². The minimum atomic E-state index is -0.754. The lowest BCUT2D eigenvalue weighted by Crippen LogP contribution is -2.51. The van der Waals surface area contributed by atoms with E-state index in [1.54, 1.807) is 6.07 Å². The van der Waals surface area contributed by atoms with Gasteiger partial charge < -0.3 is 5.32 Å². The molecule has 2 aliphatic carbocycles. The molecule has 2 saturated carbocycles. The molecule has 33 heavy (non-hydrogen) atoms. The number of nitrogens with one attached hydrogen (secondary N) is 2. The maximum Gasteiger partial charge on any atom is 0.238 e. The van der Waals surface area contributed by atoms with E-state index in [1.165, 1.54) is 18.0 Å². The monoisotopic (exact) mass is 464 g/mol. The second-order valence-electron chi connectivity index (χ2n) is 9.62. The predicted octanol–water partition coefficient (Wildman–Crippen LogP) is 3.85. The number of carbonyl (C=O) groups excluding carboxylic acids is 1. The van der Waals surface area contributed by atoms with Gasteiger partial charge in [0.2, 0.25) is 5.91 Å². The summed E-state index contributed by atoms with van der Waals surface area (Å²) in [5.74, 6) is 2.02. The summed E-state index contributed by atoms with van der Waals surface area (Å²) >= 11 is 1.52. The molecule has 3 aliphatic rings. The number of fused-ring (bicyclic) bond motifs is 5. The second-order valence-corrected chi connectivity index (χ2v) is 10.7. The van der Waals surface area contributed by atoms with E-state index in [9.17, 15) is 14.4 Å². The maximum atomic E-state index is 14.9. The van der Waals surface area contributed by atoms with E-state index in [1.807, 2.05) is 44.4 Å². The summed E-state index contributed by atoms with van der Waals surface area (Å²) in [4.78, 5) is 16.4. The number of piperidine rings is 1. The standard InChI is InChI=1S/C26H29FN4OS/c1-14-23-20-12-22(24(14)23)31(3)25(20)26(32)30-18(13-28)10-17-5-4-16(11-21(17)27)15-6-8-19(9-7-15)33-29-2/h4-9,11,14,18,20,22-25,29H,10,12H2,1-3H3,(H,30,32)/t14-,18-,20?,22?,23?,24?,25?/m0/s1. The number of amides is 1. The molecule has 2 aromatic rings.